The van der Waals surface area contributed by atoms with Gasteiger partial charge in [-0.15, -0.1) is 0 Å². The van der Waals surface area contributed by atoms with Crippen LogP contribution in [0.15, 0.2) is 0 Å². The number of rotatable bonds is 1. The van der Waals surface area contributed by atoms with E-state index in [4.69, 9.17) is 9.47 Å². The highest BCUT2D eigenvalue weighted by Crippen LogP contribution is 2.67. The van der Waals surface area contributed by atoms with Gasteiger partial charge in [0.15, 0.2) is 0 Å². The van der Waals surface area contributed by atoms with E-state index in [0.29, 0.717) is 12.2 Å². The van der Waals surface area contributed by atoms with E-state index in [1.165, 1.54) is 19.3 Å². The molecule has 0 N–H and O–H groups in total. The fourth-order valence-electron chi connectivity index (χ4n) is 3.51. The van der Waals surface area contributed by atoms with Crippen LogP contribution < -0.4 is 0 Å². The zero-order chi connectivity index (χ0) is 7.05. The Morgan fingerprint density at radius 2 is 2.18 bits per heavy atom. The summed E-state index contributed by atoms with van der Waals surface area (Å²) in [7, 11) is 0. The first-order valence-corrected chi connectivity index (χ1v) is 4.70. The molecule has 2 bridgehead atoms. The third kappa shape index (κ3) is 0.456. The summed E-state index contributed by atoms with van der Waals surface area (Å²) < 4.78 is 11.2. The molecular weight excluding hydrogens is 140 g/mol. The minimum atomic E-state index is 0.267. The van der Waals surface area contributed by atoms with Crippen molar-refractivity contribution >= 4 is 0 Å². The summed E-state index contributed by atoms with van der Waals surface area (Å²) >= 11 is 0. The standard InChI is InChI=1S/C9H12O2/c1-2-6-3-5(1)8-9(6,11-8)7-4-10-7/h5-8H,1-4H2. The molecule has 2 heterocycles. The van der Waals surface area contributed by atoms with Crippen molar-refractivity contribution in [3.05, 3.63) is 0 Å². The number of hydrogen-bond acceptors (Lipinski definition) is 2. The number of fused-ring (bicyclic) bond motifs is 5. The Hall–Kier alpha value is -0.0800. The molecule has 0 aromatic carbocycles. The van der Waals surface area contributed by atoms with Gasteiger partial charge in [0.1, 0.15) is 11.7 Å². The molecule has 2 aliphatic carbocycles. The SMILES string of the molecule is C1CC2CC1C1OC21C1CO1. The van der Waals surface area contributed by atoms with Crippen LogP contribution in [0.2, 0.25) is 0 Å². The van der Waals surface area contributed by atoms with E-state index in [0.717, 1.165) is 18.4 Å². The topological polar surface area (TPSA) is 25.1 Å². The van der Waals surface area contributed by atoms with Gasteiger partial charge >= 0.3 is 0 Å². The molecule has 2 heteroatoms. The van der Waals surface area contributed by atoms with Crippen molar-refractivity contribution in [3.63, 3.8) is 0 Å². The molecular formula is C9H12O2. The highest BCUT2D eigenvalue weighted by atomic mass is 16.7. The second-order valence-corrected chi connectivity index (χ2v) is 4.48. The van der Waals surface area contributed by atoms with Crippen LogP contribution in [0.3, 0.4) is 0 Å². The van der Waals surface area contributed by atoms with Crippen molar-refractivity contribution in [3.8, 4) is 0 Å². The molecule has 2 saturated heterocycles. The molecule has 5 atom stereocenters. The molecule has 0 amide bonds. The van der Waals surface area contributed by atoms with E-state index in [2.05, 4.69) is 0 Å². The van der Waals surface area contributed by atoms with Gasteiger partial charge in [-0.25, -0.2) is 0 Å². The van der Waals surface area contributed by atoms with Crippen molar-refractivity contribution in [1.82, 2.24) is 0 Å². The zero-order valence-corrected chi connectivity index (χ0v) is 6.45. The largest absolute Gasteiger partial charge is 0.370 e. The summed E-state index contributed by atoms with van der Waals surface area (Å²) in [5.74, 6) is 1.77. The maximum atomic E-state index is 5.83. The van der Waals surface area contributed by atoms with Crippen LogP contribution in [0.1, 0.15) is 19.3 Å². The van der Waals surface area contributed by atoms with Crippen LogP contribution in [0.5, 0.6) is 0 Å². The first-order chi connectivity index (χ1) is 5.41. The summed E-state index contributed by atoms with van der Waals surface area (Å²) in [6.07, 6.45) is 5.38. The summed E-state index contributed by atoms with van der Waals surface area (Å²) in [6.45, 7) is 0.972. The summed E-state index contributed by atoms with van der Waals surface area (Å²) in [5, 5.41) is 0. The highest BCUT2D eigenvalue weighted by molar-refractivity contribution is 5.24. The van der Waals surface area contributed by atoms with Crippen LogP contribution in [-0.2, 0) is 9.47 Å². The molecule has 0 spiro atoms. The Bertz CT molecular complexity index is 224. The van der Waals surface area contributed by atoms with E-state index < -0.39 is 0 Å². The third-order valence-corrected chi connectivity index (χ3v) is 4.09. The molecule has 4 rings (SSSR count). The van der Waals surface area contributed by atoms with Gasteiger partial charge in [0, 0.05) is 0 Å². The third-order valence-electron chi connectivity index (χ3n) is 4.09. The predicted molar refractivity (Wildman–Crippen MR) is 38.2 cm³/mol. The van der Waals surface area contributed by atoms with E-state index >= 15 is 0 Å². The van der Waals surface area contributed by atoms with Gasteiger partial charge in [-0.2, -0.15) is 0 Å². The van der Waals surface area contributed by atoms with Gasteiger partial charge in [-0.3, -0.25) is 0 Å². The van der Waals surface area contributed by atoms with Crippen LogP contribution in [0.25, 0.3) is 0 Å². The van der Waals surface area contributed by atoms with E-state index in [9.17, 15) is 0 Å². The highest BCUT2D eigenvalue weighted by Gasteiger charge is 2.77. The number of ether oxygens (including phenoxy) is 2. The van der Waals surface area contributed by atoms with Crippen molar-refractivity contribution in [2.45, 2.75) is 37.1 Å². The predicted octanol–water partition coefficient (Wildman–Crippen LogP) is 0.953. The lowest BCUT2D eigenvalue weighted by molar-refractivity contribution is 0.158. The summed E-state index contributed by atoms with van der Waals surface area (Å²) in [6, 6.07) is 0. The molecule has 11 heavy (non-hydrogen) atoms. The van der Waals surface area contributed by atoms with E-state index in [1.54, 1.807) is 0 Å². The average molecular weight is 152 g/mol. The zero-order valence-electron chi connectivity index (χ0n) is 6.45. The molecule has 5 unspecified atom stereocenters. The average Bonchev–Trinajstić information content (AvgIpc) is 2.90. The number of hydrogen-bond donors (Lipinski definition) is 0. The van der Waals surface area contributed by atoms with Crippen LogP contribution in [0, 0.1) is 11.8 Å². The van der Waals surface area contributed by atoms with Crippen molar-refractivity contribution in [1.29, 1.82) is 0 Å². The lowest BCUT2D eigenvalue weighted by Crippen LogP contribution is -2.29. The Kier molecular flexibility index (Phi) is 0.695. The van der Waals surface area contributed by atoms with E-state index in [1.807, 2.05) is 0 Å². The van der Waals surface area contributed by atoms with Gasteiger partial charge in [-0.05, 0) is 31.1 Å². The fraction of sp³-hybridized carbons (Fsp3) is 1.00. The maximum absolute atomic E-state index is 5.83. The second kappa shape index (κ2) is 1.38. The van der Waals surface area contributed by atoms with Crippen molar-refractivity contribution in [2.24, 2.45) is 11.8 Å². The lowest BCUT2D eigenvalue weighted by Gasteiger charge is -2.15. The smallest absolute Gasteiger partial charge is 0.126 e. The molecule has 60 valence electrons. The van der Waals surface area contributed by atoms with Gasteiger partial charge in [-0.1, -0.05) is 0 Å². The van der Waals surface area contributed by atoms with Crippen LogP contribution in [0.4, 0.5) is 0 Å². The first-order valence-electron chi connectivity index (χ1n) is 4.70. The molecule has 4 aliphatic rings. The van der Waals surface area contributed by atoms with Gasteiger partial charge in [0.25, 0.3) is 0 Å². The Morgan fingerprint density at radius 3 is 2.82 bits per heavy atom. The monoisotopic (exact) mass is 152 g/mol. The van der Waals surface area contributed by atoms with Gasteiger partial charge in [0.2, 0.25) is 0 Å². The molecule has 0 radical (unpaired) electrons. The van der Waals surface area contributed by atoms with Crippen molar-refractivity contribution < 1.29 is 9.47 Å². The molecule has 2 saturated carbocycles. The Morgan fingerprint density at radius 1 is 1.27 bits per heavy atom. The quantitative estimate of drug-likeness (QED) is 0.523. The van der Waals surface area contributed by atoms with Crippen LogP contribution in [-0.4, -0.2) is 24.4 Å². The Balaban J connectivity index is 1.77. The minimum Gasteiger partial charge on any atom is -0.370 e. The molecule has 0 aromatic heterocycles. The second-order valence-electron chi connectivity index (χ2n) is 4.48. The fourth-order valence-corrected chi connectivity index (χ4v) is 3.51. The summed E-state index contributed by atoms with van der Waals surface area (Å²) in [4.78, 5) is 0. The van der Waals surface area contributed by atoms with E-state index in [-0.39, 0.29) is 5.60 Å². The molecule has 0 aromatic rings. The van der Waals surface area contributed by atoms with Gasteiger partial charge < -0.3 is 9.47 Å². The van der Waals surface area contributed by atoms with Gasteiger partial charge in [0.05, 0.1) is 12.7 Å². The minimum absolute atomic E-state index is 0.267. The molecule has 4 fully saturated rings. The van der Waals surface area contributed by atoms with Crippen molar-refractivity contribution in [2.75, 3.05) is 6.61 Å². The molecule has 2 nitrogen and oxygen atoms in total. The summed E-state index contributed by atoms with van der Waals surface area (Å²) in [5.41, 5.74) is 0.267. The maximum Gasteiger partial charge on any atom is 0.126 e. The number of epoxide rings is 2. The first kappa shape index (κ1) is 5.55. The normalized spacial score (nSPS) is 69.8. The lowest BCUT2D eigenvalue weighted by atomic mass is 9.86. The molecule has 2 aliphatic heterocycles. The van der Waals surface area contributed by atoms with Crippen LogP contribution >= 0.6 is 0 Å². The Labute approximate surface area is 65.9 Å².